The van der Waals surface area contributed by atoms with Crippen LogP contribution < -0.4 is 0 Å². The molecule has 0 unspecified atom stereocenters. The van der Waals surface area contributed by atoms with Gasteiger partial charge in [0.2, 0.25) is 5.09 Å². The Bertz CT molecular complexity index is 491. The summed E-state index contributed by atoms with van der Waals surface area (Å²) in [6, 6.07) is 2.93. The molecular formula is C17H30O4S. The van der Waals surface area contributed by atoms with Crippen molar-refractivity contribution in [1.82, 2.24) is 0 Å². The number of hydrogen-bond donors (Lipinski definition) is 1. The number of aryl methyl sites for hydroxylation is 1. The second-order valence-electron chi connectivity index (χ2n) is 5.98. The molecule has 22 heavy (non-hydrogen) atoms. The molecule has 0 spiro atoms. The minimum absolute atomic E-state index is 0.356. The van der Waals surface area contributed by atoms with E-state index in [1.54, 1.807) is 6.07 Å². The monoisotopic (exact) mass is 330 g/mol. The Morgan fingerprint density at radius 3 is 1.82 bits per heavy atom. The van der Waals surface area contributed by atoms with Gasteiger partial charge in [0.15, 0.2) is 0 Å². The maximum absolute atomic E-state index is 10.9. The van der Waals surface area contributed by atoms with E-state index in [2.05, 4.69) is 6.92 Å². The first-order valence-corrected chi connectivity index (χ1v) is 10.0. The molecule has 0 atom stereocenters. The van der Waals surface area contributed by atoms with Gasteiger partial charge in [-0.1, -0.05) is 71.1 Å². The fourth-order valence-corrected chi connectivity index (χ4v) is 3.05. The van der Waals surface area contributed by atoms with E-state index < -0.39 is 10.1 Å². The number of hydrogen-bond acceptors (Lipinski definition) is 3. The lowest BCUT2D eigenvalue weighted by atomic mass is 10.1. The van der Waals surface area contributed by atoms with Crippen LogP contribution in [0.15, 0.2) is 21.6 Å². The highest BCUT2D eigenvalue weighted by Gasteiger charge is 2.14. The van der Waals surface area contributed by atoms with Gasteiger partial charge in [0.25, 0.3) is 0 Å². The molecule has 0 aliphatic heterocycles. The van der Waals surface area contributed by atoms with Crippen LogP contribution in [0.2, 0.25) is 0 Å². The minimum Gasteiger partial charge on any atom is -0.447 e. The third kappa shape index (κ3) is 8.59. The fourth-order valence-electron chi connectivity index (χ4n) is 2.59. The van der Waals surface area contributed by atoms with Crippen LogP contribution in [0, 0.1) is 0 Å². The molecule has 128 valence electrons. The highest BCUT2D eigenvalue weighted by Crippen LogP contribution is 2.17. The van der Waals surface area contributed by atoms with Crippen molar-refractivity contribution in [2.24, 2.45) is 0 Å². The largest absolute Gasteiger partial charge is 0.447 e. The van der Waals surface area contributed by atoms with Gasteiger partial charge in [0.05, 0.1) is 0 Å². The van der Waals surface area contributed by atoms with Crippen molar-refractivity contribution in [1.29, 1.82) is 0 Å². The first-order valence-electron chi connectivity index (χ1n) is 8.60. The van der Waals surface area contributed by atoms with Gasteiger partial charge in [-0.2, -0.15) is 8.42 Å². The molecule has 0 aromatic carbocycles. The summed E-state index contributed by atoms with van der Waals surface area (Å²) in [5, 5.41) is -0.356. The van der Waals surface area contributed by atoms with E-state index in [1.807, 2.05) is 0 Å². The van der Waals surface area contributed by atoms with Gasteiger partial charge in [-0.05, 0) is 18.6 Å². The average Bonchev–Trinajstić information content (AvgIpc) is 2.94. The standard InChI is InChI=1S/C17H30O4S/c1-2-3-4-5-6-7-8-9-10-11-12-13-16-14-15-17(21-16)22(18,19)20/h14-15H,2-13H2,1H3,(H,18,19,20). The van der Waals surface area contributed by atoms with Gasteiger partial charge < -0.3 is 4.42 Å². The topological polar surface area (TPSA) is 67.5 Å². The van der Waals surface area contributed by atoms with Gasteiger partial charge in [-0.3, -0.25) is 4.55 Å². The summed E-state index contributed by atoms with van der Waals surface area (Å²) in [6.07, 6.45) is 14.8. The highest BCUT2D eigenvalue weighted by molar-refractivity contribution is 7.85. The predicted octanol–water partition coefficient (Wildman–Crippen LogP) is 5.38. The van der Waals surface area contributed by atoms with Crippen LogP contribution in [0.4, 0.5) is 0 Å². The van der Waals surface area contributed by atoms with Crippen LogP contribution in [0.3, 0.4) is 0 Å². The van der Waals surface area contributed by atoms with Gasteiger partial charge >= 0.3 is 10.1 Å². The average molecular weight is 330 g/mol. The van der Waals surface area contributed by atoms with Crippen LogP contribution in [-0.2, 0) is 16.5 Å². The SMILES string of the molecule is CCCCCCCCCCCCCc1ccc(S(=O)(=O)O)o1. The third-order valence-corrected chi connectivity index (χ3v) is 4.65. The Labute approximate surface area is 135 Å². The molecule has 0 saturated heterocycles. The third-order valence-electron chi connectivity index (χ3n) is 3.92. The summed E-state index contributed by atoms with van der Waals surface area (Å²) in [5.41, 5.74) is 0. The highest BCUT2D eigenvalue weighted by atomic mass is 32.2. The van der Waals surface area contributed by atoms with E-state index in [9.17, 15) is 8.42 Å². The number of unbranched alkanes of at least 4 members (excludes halogenated alkanes) is 10. The molecule has 0 fully saturated rings. The molecule has 0 radical (unpaired) electrons. The Hall–Kier alpha value is -0.810. The van der Waals surface area contributed by atoms with Crippen molar-refractivity contribution < 1.29 is 17.4 Å². The maximum Gasteiger partial charge on any atom is 0.328 e. The normalized spacial score (nSPS) is 11.9. The van der Waals surface area contributed by atoms with Gasteiger partial charge in [-0.25, -0.2) is 0 Å². The van der Waals surface area contributed by atoms with Crippen LogP contribution >= 0.6 is 0 Å². The second-order valence-corrected chi connectivity index (χ2v) is 7.33. The van der Waals surface area contributed by atoms with E-state index in [-0.39, 0.29) is 5.09 Å². The van der Waals surface area contributed by atoms with Gasteiger partial charge in [0, 0.05) is 6.42 Å². The Kier molecular flexibility index (Phi) is 9.48. The van der Waals surface area contributed by atoms with Crippen molar-refractivity contribution in [3.8, 4) is 0 Å². The molecule has 0 bridgehead atoms. The lowest BCUT2D eigenvalue weighted by Crippen LogP contribution is -1.94. The number of furan rings is 1. The molecular weight excluding hydrogens is 300 g/mol. The van der Waals surface area contributed by atoms with Gasteiger partial charge in [-0.15, -0.1) is 0 Å². The van der Waals surface area contributed by atoms with Crippen LogP contribution in [0.25, 0.3) is 0 Å². The van der Waals surface area contributed by atoms with E-state index >= 15 is 0 Å². The quantitative estimate of drug-likeness (QED) is 0.389. The molecule has 0 aliphatic carbocycles. The maximum atomic E-state index is 10.9. The van der Waals surface area contributed by atoms with Crippen LogP contribution in [-0.4, -0.2) is 13.0 Å². The van der Waals surface area contributed by atoms with Gasteiger partial charge in [0.1, 0.15) is 5.76 Å². The van der Waals surface area contributed by atoms with Crippen LogP contribution in [0.5, 0.6) is 0 Å². The summed E-state index contributed by atoms with van der Waals surface area (Å²) in [7, 11) is -4.20. The summed E-state index contributed by atoms with van der Waals surface area (Å²) < 4.78 is 35.7. The van der Waals surface area contributed by atoms with Crippen molar-refractivity contribution in [2.75, 3.05) is 0 Å². The molecule has 1 heterocycles. The lowest BCUT2D eigenvalue weighted by molar-refractivity contribution is 0.381. The van der Waals surface area contributed by atoms with Crippen molar-refractivity contribution in [2.45, 2.75) is 89.1 Å². The molecule has 0 amide bonds. The van der Waals surface area contributed by atoms with E-state index in [0.717, 1.165) is 19.3 Å². The van der Waals surface area contributed by atoms with Crippen LogP contribution in [0.1, 0.15) is 83.3 Å². The first-order chi connectivity index (χ1) is 10.5. The Morgan fingerprint density at radius 2 is 1.36 bits per heavy atom. The lowest BCUT2D eigenvalue weighted by Gasteiger charge is -2.02. The zero-order valence-corrected chi connectivity index (χ0v) is 14.5. The smallest absolute Gasteiger partial charge is 0.328 e. The summed E-state index contributed by atoms with van der Waals surface area (Å²) >= 11 is 0. The Balaban J connectivity index is 1.96. The molecule has 5 heteroatoms. The van der Waals surface area contributed by atoms with Crippen molar-refractivity contribution in [3.05, 3.63) is 17.9 Å². The van der Waals surface area contributed by atoms with Crippen molar-refractivity contribution in [3.63, 3.8) is 0 Å². The molecule has 1 N–H and O–H groups in total. The van der Waals surface area contributed by atoms with E-state index in [1.165, 1.54) is 63.9 Å². The van der Waals surface area contributed by atoms with Crippen molar-refractivity contribution >= 4 is 10.1 Å². The summed E-state index contributed by atoms with van der Waals surface area (Å²) in [6.45, 7) is 2.24. The zero-order chi connectivity index (χ0) is 16.3. The number of rotatable bonds is 13. The molecule has 0 saturated carbocycles. The predicted molar refractivity (Wildman–Crippen MR) is 88.7 cm³/mol. The molecule has 1 rings (SSSR count). The Morgan fingerprint density at radius 1 is 0.864 bits per heavy atom. The first kappa shape index (κ1) is 19.2. The van der Waals surface area contributed by atoms with E-state index in [4.69, 9.17) is 8.97 Å². The summed E-state index contributed by atoms with van der Waals surface area (Å²) in [5.74, 6) is 0.628. The second kappa shape index (κ2) is 10.8. The zero-order valence-electron chi connectivity index (χ0n) is 13.7. The molecule has 1 aromatic rings. The summed E-state index contributed by atoms with van der Waals surface area (Å²) in [4.78, 5) is 0. The molecule has 0 aliphatic rings. The van der Waals surface area contributed by atoms with E-state index in [0.29, 0.717) is 5.76 Å². The molecule has 4 nitrogen and oxygen atoms in total. The minimum atomic E-state index is -4.20. The molecule has 1 aromatic heterocycles. The fraction of sp³-hybridized carbons (Fsp3) is 0.765.